The molecule has 1 aliphatic rings. The number of carbonyl (C=O) groups is 2. The van der Waals surface area contributed by atoms with Crippen molar-refractivity contribution in [2.45, 2.75) is 95.3 Å². The molecule has 2 aromatic rings. The van der Waals surface area contributed by atoms with Gasteiger partial charge in [-0.2, -0.15) is 0 Å². The van der Waals surface area contributed by atoms with Crippen molar-refractivity contribution in [2.75, 3.05) is 5.32 Å². The zero-order valence-corrected chi connectivity index (χ0v) is 26.4. The largest absolute Gasteiger partial charge is 0.506 e. The van der Waals surface area contributed by atoms with E-state index in [1.165, 1.54) is 31.7 Å². The summed E-state index contributed by atoms with van der Waals surface area (Å²) in [4.78, 5) is 62.0. The van der Waals surface area contributed by atoms with Crippen molar-refractivity contribution in [3.05, 3.63) is 53.6 Å². The van der Waals surface area contributed by atoms with Crippen molar-refractivity contribution < 1.29 is 48.1 Å². The van der Waals surface area contributed by atoms with Gasteiger partial charge < -0.3 is 34.7 Å². The highest BCUT2D eigenvalue weighted by atomic mass is 31.2. The molecule has 0 saturated heterocycles. The standard InChI is InChI=1S/C30H43NO10P2/c1-3-24(21-10-13-23(14-11-21)41-29(34)17-9-20-7-5-6-8-20)25(4-2)22-12-15-27(32)26(19-22)31-28(33)16-18-30(42(35,36)37)43(38,39)40/h10-15,19-20,24-25,30,32H,3-9,16-18H2,1-2H3,(H,31,33)(H2,35,36,37)(H2,38,39,40). The monoisotopic (exact) mass is 639 g/mol. The van der Waals surface area contributed by atoms with Crippen molar-refractivity contribution in [3.8, 4) is 11.5 Å². The SMILES string of the molecule is CCC(c1ccc(OC(=O)CCC2CCCC2)cc1)C(CC)c1ccc(O)c(NC(=O)CCC(P(=O)(O)O)P(=O)(O)O)c1. The van der Waals surface area contributed by atoms with Crippen molar-refractivity contribution in [1.82, 2.24) is 0 Å². The summed E-state index contributed by atoms with van der Waals surface area (Å²) < 4.78 is 28.6. The first-order chi connectivity index (χ1) is 20.2. The lowest BCUT2D eigenvalue weighted by molar-refractivity contribution is -0.134. The van der Waals surface area contributed by atoms with E-state index in [1.54, 1.807) is 24.3 Å². The number of phenolic OH excluding ortho intramolecular Hbond substituents is 1. The van der Waals surface area contributed by atoms with Gasteiger partial charge in [-0.15, -0.1) is 0 Å². The van der Waals surface area contributed by atoms with Gasteiger partial charge >= 0.3 is 21.2 Å². The van der Waals surface area contributed by atoms with E-state index in [1.807, 2.05) is 19.1 Å². The number of esters is 1. The second-order valence-corrected chi connectivity index (χ2v) is 15.3. The normalized spacial score (nSPS) is 15.8. The number of rotatable bonds is 15. The van der Waals surface area contributed by atoms with E-state index in [4.69, 9.17) is 4.74 Å². The quantitative estimate of drug-likeness (QED) is 0.0554. The van der Waals surface area contributed by atoms with Crippen LogP contribution in [0.2, 0.25) is 0 Å². The minimum absolute atomic E-state index is 0.00485. The molecule has 1 amide bonds. The molecule has 0 aromatic heterocycles. The molecule has 6 N–H and O–H groups in total. The molecule has 43 heavy (non-hydrogen) atoms. The first-order valence-corrected chi connectivity index (χ1v) is 18.1. The third-order valence-electron chi connectivity index (χ3n) is 8.27. The molecule has 1 saturated carbocycles. The Bertz CT molecular complexity index is 1310. The van der Waals surface area contributed by atoms with Gasteiger partial charge in [0.2, 0.25) is 5.91 Å². The summed E-state index contributed by atoms with van der Waals surface area (Å²) in [5.41, 5.74) is 1.97. The Labute approximate surface area is 252 Å². The molecule has 3 rings (SSSR count). The van der Waals surface area contributed by atoms with Crippen LogP contribution >= 0.6 is 15.2 Å². The zero-order valence-electron chi connectivity index (χ0n) is 24.6. The predicted molar refractivity (Wildman–Crippen MR) is 163 cm³/mol. The average Bonchev–Trinajstić information content (AvgIpc) is 3.45. The Balaban J connectivity index is 1.68. The molecule has 2 aromatic carbocycles. The van der Waals surface area contributed by atoms with Gasteiger partial charge in [-0.3, -0.25) is 18.7 Å². The van der Waals surface area contributed by atoms with Gasteiger partial charge in [0.15, 0.2) is 5.40 Å². The van der Waals surface area contributed by atoms with Crippen LogP contribution in [0.5, 0.6) is 11.5 Å². The number of carbonyl (C=O) groups excluding carboxylic acids is 2. The number of amides is 1. The van der Waals surface area contributed by atoms with Gasteiger partial charge in [-0.05, 0) is 78.8 Å². The third kappa shape index (κ3) is 10.3. The lowest BCUT2D eigenvalue weighted by Crippen LogP contribution is -2.17. The highest BCUT2D eigenvalue weighted by Crippen LogP contribution is 2.61. The van der Waals surface area contributed by atoms with E-state index in [-0.39, 0.29) is 29.2 Å². The molecule has 0 heterocycles. The molecule has 13 heteroatoms. The lowest BCUT2D eigenvalue weighted by Gasteiger charge is -2.27. The van der Waals surface area contributed by atoms with Crippen LogP contribution in [0.25, 0.3) is 0 Å². The summed E-state index contributed by atoms with van der Waals surface area (Å²) in [7, 11) is -10.3. The number of benzene rings is 2. The number of hydrogen-bond donors (Lipinski definition) is 6. The maximum absolute atomic E-state index is 12.5. The molecular formula is C30H43NO10P2. The predicted octanol–water partition coefficient (Wildman–Crippen LogP) is 6.36. The summed E-state index contributed by atoms with van der Waals surface area (Å²) in [6.07, 6.45) is 6.35. The topological polar surface area (TPSA) is 191 Å². The van der Waals surface area contributed by atoms with Gasteiger partial charge in [-0.1, -0.05) is 57.7 Å². The number of nitrogens with one attached hydrogen (secondary N) is 1. The molecular weight excluding hydrogens is 596 g/mol. The minimum Gasteiger partial charge on any atom is -0.506 e. The first kappa shape index (κ1) is 35.0. The summed E-state index contributed by atoms with van der Waals surface area (Å²) in [6, 6.07) is 12.3. The Morgan fingerprint density at radius 2 is 1.44 bits per heavy atom. The Kier molecular flexibility index (Phi) is 12.6. The summed E-state index contributed by atoms with van der Waals surface area (Å²) in [5.74, 6) is -0.0260. The molecule has 238 valence electrons. The van der Waals surface area contributed by atoms with Crippen LogP contribution in [0, 0.1) is 5.92 Å². The van der Waals surface area contributed by atoms with Crippen LogP contribution in [-0.4, -0.2) is 42.0 Å². The molecule has 2 atom stereocenters. The van der Waals surface area contributed by atoms with Crippen LogP contribution in [0.3, 0.4) is 0 Å². The fourth-order valence-electron chi connectivity index (χ4n) is 5.98. The number of aromatic hydroxyl groups is 1. The number of phenols is 1. The Morgan fingerprint density at radius 1 is 0.884 bits per heavy atom. The van der Waals surface area contributed by atoms with Crippen LogP contribution in [-0.2, 0) is 18.7 Å². The smallest absolute Gasteiger partial charge is 0.340 e. The van der Waals surface area contributed by atoms with Crippen molar-refractivity contribution >= 4 is 32.8 Å². The molecule has 1 aliphatic carbocycles. The number of hydrogen-bond acceptors (Lipinski definition) is 6. The van der Waals surface area contributed by atoms with E-state index in [0.717, 1.165) is 30.4 Å². The zero-order chi connectivity index (χ0) is 31.8. The second-order valence-electron chi connectivity index (χ2n) is 11.3. The summed E-state index contributed by atoms with van der Waals surface area (Å²) in [5, 5.41) is 10.6. The molecule has 0 bridgehead atoms. The maximum atomic E-state index is 12.5. The van der Waals surface area contributed by atoms with Gasteiger partial charge in [0.05, 0.1) is 5.69 Å². The van der Waals surface area contributed by atoms with E-state index in [0.29, 0.717) is 18.1 Å². The van der Waals surface area contributed by atoms with Gasteiger partial charge in [0, 0.05) is 12.8 Å². The van der Waals surface area contributed by atoms with Crippen molar-refractivity contribution in [1.29, 1.82) is 0 Å². The van der Waals surface area contributed by atoms with E-state index >= 15 is 0 Å². The molecule has 2 unspecified atom stereocenters. The fraction of sp³-hybridized carbons (Fsp3) is 0.533. The third-order valence-corrected chi connectivity index (χ3v) is 12.1. The highest BCUT2D eigenvalue weighted by Gasteiger charge is 2.43. The maximum Gasteiger partial charge on any atom is 0.340 e. The summed E-state index contributed by atoms with van der Waals surface area (Å²) >= 11 is 0. The number of ether oxygens (including phenoxy) is 1. The van der Waals surface area contributed by atoms with Gasteiger partial charge in [0.1, 0.15) is 11.5 Å². The minimum atomic E-state index is -5.15. The summed E-state index contributed by atoms with van der Waals surface area (Å²) in [6.45, 7) is 4.09. The van der Waals surface area contributed by atoms with Gasteiger partial charge in [0.25, 0.3) is 0 Å². The Hall–Kier alpha value is -2.52. The molecule has 11 nitrogen and oxygen atoms in total. The molecule has 0 aliphatic heterocycles. The lowest BCUT2D eigenvalue weighted by atomic mass is 9.78. The van der Waals surface area contributed by atoms with Crippen LogP contribution < -0.4 is 10.1 Å². The van der Waals surface area contributed by atoms with E-state index in [2.05, 4.69) is 12.2 Å². The van der Waals surface area contributed by atoms with E-state index < -0.39 is 39.3 Å². The first-order valence-electron chi connectivity index (χ1n) is 14.8. The number of anilines is 1. The van der Waals surface area contributed by atoms with Gasteiger partial charge in [-0.25, -0.2) is 0 Å². The fourth-order valence-corrected chi connectivity index (χ4v) is 8.48. The molecule has 0 spiro atoms. The van der Waals surface area contributed by atoms with Crippen LogP contribution in [0.15, 0.2) is 42.5 Å². The van der Waals surface area contributed by atoms with Crippen molar-refractivity contribution in [3.63, 3.8) is 0 Å². The molecule has 0 radical (unpaired) electrons. The van der Waals surface area contributed by atoms with Crippen molar-refractivity contribution in [2.24, 2.45) is 5.92 Å². The Morgan fingerprint density at radius 3 is 2.00 bits per heavy atom. The van der Waals surface area contributed by atoms with Crippen LogP contribution in [0.4, 0.5) is 5.69 Å². The van der Waals surface area contributed by atoms with E-state index in [9.17, 15) is 43.4 Å². The average molecular weight is 640 g/mol. The highest BCUT2D eigenvalue weighted by molar-refractivity contribution is 7.70. The molecule has 1 fully saturated rings. The second kappa shape index (κ2) is 15.5. The van der Waals surface area contributed by atoms with Crippen LogP contribution in [0.1, 0.15) is 101 Å².